The Morgan fingerprint density at radius 2 is 1.64 bits per heavy atom. The third kappa shape index (κ3) is 6.95. The maximum atomic E-state index is 14.1. The van der Waals surface area contributed by atoms with E-state index in [1.54, 1.807) is 6.20 Å². The monoisotopic (exact) mass is 640 g/mol. The molecule has 7 rings (SSSR count). The third-order valence-electron chi connectivity index (χ3n) is 10.9. The highest BCUT2D eigenvalue weighted by molar-refractivity contribution is 5.91. The number of hydrogen-bond donors (Lipinski definition) is 3. The number of nitrogens with zero attached hydrogens (tertiary/aromatic N) is 5. The van der Waals surface area contributed by atoms with Crippen LogP contribution in [0.1, 0.15) is 61.6 Å². The Hall–Kier alpha value is -4.12. The molecule has 11 nitrogen and oxygen atoms in total. The minimum atomic E-state index is -0.662. The molecule has 0 radical (unpaired) electrons. The van der Waals surface area contributed by atoms with Crippen LogP contribution in [-0.2, 0) is 17.6 Å². The summed E-state index contributed by atoms with van der Waals surface area (Å²) in [7, 11) is 0. The zero-order valence-corrected chi connectivity index (χ0v) is 27.5. The molecular formula is C36H48N8O3. The van der Waals surface area contributed by atoms with E-state index in [4.69, 9.17) is 0 Å². The van der Waals surface area contributed by atoms with Gasteiger partial charge in [-0.25, -0.2) is 9.59 Å². The summed E-state index contributed by atoms with van der Waals surface area (Å²) in [4.78, 5) is 49.3. The van der Waals surface area contributed by atoms with Gasteiger partial charge < -0.3 is 30.2 Å². The van der Waals surface area contributed by atoms with E-state index >= 15 is 0 Å². The Morgan fingerprint density at radius 3 is 2.43 bits per heavy atom. The first-order valence-electron chi connectivity index (χ1n) is 17.6. The summed E-state index contributed by atoms with van der Waals surface area (Å²) in [5.74, 6) is -0.00363. The first-order valence-corrected chi connectivity index (χ1v) is 17.6. The van der Waals surface area contributed by atoms with Crippen molar-refractivity contribution in [3.05, 3.63) is 59.3 Å². The number of fused-ring (bicyclic) bond motifs is 2. The lowest BCUT2D eigenvalue weighted by Gasteiger charge is -2.41. The van der Waals surface area contributed by atoms with Crippen LogP contribution in [-0.4, -0.2) is 112 Å². The van der Waals surface area contributed by atoms with E-state index in [2.05, 4.69) is 43.9 Å². The lowest BCUT2D eigenvalue weighted by molar-refractivity contribution is -0.134. The van der Waals surface area contributed by atoms with Crippen molar-refractivity contribution in [1.29, 1.82) is 0 Å². The third-order valence-corrected chi connectivity index (χ3v) is 10.9. The molecule has 47 heavy (non-hydrogen) atoms. The zero-order valence-electron chi connectivity index (χ0n) is 27.5. The van der Waals surface area contributed by atoms with Gasteiger partial charge in [-0.2, -0.15) is 5.10 Å². The van der Waals surface area contributed by atoms with Gasteiger partial charge in [0, 0.05) is 62.3 Å². The molecule has 1 atom stereocenters. The molecule has 3 fully saturated rings. The molecule has 3 saturated heterocycles. The second-order valence-electron chi connectivity index (χ2n) is 13.9. The normalized spacial score (nSPS) is 20.9. The molecular weight excluding hydrogens is 592 g/mol. The molecule has 11 heteroatoms. The topological polar surface area (TPSA) is 117 Å². The van der Waals surface area contributed by atoms with Crippen LogP contribution in [0.3, 0.4) is 0 Å². The van der Waals surface area contributed by atoms with Crippen LogP contribution < -0.4 is 10.6 Å². The summed E-state index contributed by atoms with van der Waals surface area (Å²) in [5, 5.41) is 14.5. The Morgan fingerprint density at radius 1 is 0.915 bits per heavy atom. The molecule has 1 aromatic heterocycles. The summed E-state index contributed by atoms with van der Waals surface area (Å²) in [6.07, 6.45) is 10.3. The molecule has 5 amide bonds. The molecule has 5 heterocycles. The van der Waals surface area contributed by atoms with Gasteiger partial charge in [0.05, 0.1) is 11.7 Å². The van der Waals surface area contributed by atoms with Crippen molar-refractivity contribution in [3.8, 4) is 0 Å². The average molecular weight is 641 g/mol. The Bertz CT molecular complexity index is 1580. The van der Waals surface area contributed by atoms with Crippen LogP contribution in [0.5, 0.6) is 0 Å². The number of amides is 5. The van der Waals surface area contributed by atoms with Gasteiger partial charge in [-0.15, -0.1) is 0 Å². The summed E-state index contributed by atoms with van der Waals surface area (Å²) >= 11 is 0. The fourth-order valence-corrected chi connectivity index (χ4v) is 8.18. The lowest BCUT2D eigenvalue weighted by atomic mass is 9.97. The first-order chi connectivity index (χ1) is 22.9. The number of para-hydroxylation sites is 1. The van der Waals surface area contributed by atoms with Crippen LogP contribution in [0.2, 0.25) is 0 Å². The molecule has 4 aliphatic rings. The van der Waals surface area contributed by atoms with Crippen molar-refractivity contribution >= 4 is 34.6 Å². The number of aryl methyl sites for hydroxylation is 1. The summed E-state index contributed by atoms with van der Waals surface area (Å²) < 4.78 is 0. The highest BCUT2D eigenvalue weighted by Crippen LogP contribution is 2.26. The van der Waals surface area contributed by atoms with Gasteiger partial charge in [-0.1, -0.05) is 30.7 Å². The van der Waals surface area contributed by atoms with E-state index in [1.165, 1.54) is 32.4 Å². The molecule has 2 aromatic carbocycles. The van der Waals surface area contributed by atoms with E-state index in [-0.39, 0.29) is 24.0 Å². The number of benzene rings is 2. The van der Waals surface area contributed by atoms with E-state index in [1.807, 2.05) is 39.8 Å². The molecule has 0 spiro atoms. The van der Waals surface area contributed by atoms with Crippen LogP contribution in [0.4, 0.5) is 15.3 Å². The maximum Gasteiger partial charge on any atom is 0.322 e. The quantitative estimate of drug-likeness (QED) is 0.366. The smallest absolute Gasteiger partial charge is 0.322 e. The number of anilines is 1. The number of urea groups is 2. The minimum Gasteiger partial charge on any atom is -0.341 e. The van der Waals surface area contributed by atoms with Gasteiger partial charge in [0.2, 0.25) is 5.91 Å². The van der Waals surface area contributed by atoms with Gasteiger partial charge in [-0.3, -0.25) is 9.89 Å². The first kappa shape index (κ1) is 31.5. The zero-order chi connectivity index (χ0) is 32.3. The predicted molar refractivity (Wildman–Crippen MR) is 182 cm³/mol. The second kappa shape index (κ2) is 13.9. The van der Waals surface area contributed by atoms with Crippen molar-refractivity contribution in [1.82, 2.24) is 35.1 Å². The SMILES string of the molecule is Cc1cc(CC(NC(=O)N2CCC(N3CCc4ccccc4NC3=O)CC2)C(=O)N2CCC(N3CCCCC3)CC2)cc2cn[nH]c12. The van der Waals surface area contributed by atoms with Crippen LogP contribution in [0.25, 0.3) is 10.9 Å². The van der Waals surface area contributed by atoms with Crippen LogP contribution >= 0.6 is 0 Å². The molecule has 0 bridgehead atoms. The second-order valence-corrected chi connectivity index (χ2v) is 13.9. The van der Waals surface area contributed by atoms with E-state index in [0.29, 0.717) is 44.9 Å². The van der Waals surface area contributed by atoms with Crippen LogP contribution in [0, 0.1) is 6.92 Å². The fraction of sp³-hybridized carbons (Fsp3) is 0.556. The number of carbonyl (C=O) groups excluding carboxylic acids is 3. The lowest BCUT2D eigenvalue weighted by Crippen LogP contribution is -2.57. The molecule has 0 saturated carbocycles. The Balaban J connectivity index is 1.00. The number of nitrogens with one attached hydrogen (secondary N) is 3. The number of H-pyrrole nitrogens is 1. The van der Waals surface area contributed by atoms with Crippen molar-refractivity contribution in [2.24, 2.45) is 0 Å². The van der Waals surface area contributed by atoms with Crippen LogP contribution in [0.15, 0.2) is 42.6 Å². The Labute approximate surface area is 277 Å². The van der Waals surface area contributed by atoms with Gasteiger partial charge in [0.25, 0.3) is 0 Å². The highest BCUT2D eigenvalue weighted by Gasteiger charge is 2.35. The Kier molecular flexibility index (Phi) is 9.33. The van der Waals surface area contributed by atoms with Crippen molar-refractivity contribution in [3.63, 3.8) is 0 Å². The van der Waals surface area contributed by atoms with Gasteiger partial charge in [-0.05, 0) is 93.8 Å². The predicted octanol–water partition coefficient (Wildman–Crippen LogP) is 4.52. The van der Waals surface area contributed by atoms with Crippen molar-refractivity contribution < 1.29 is 14.4 Å². The largest absolute Gasteiger partial charge is 0.341 e. The van der Waals surface area contributed by atoms with Gasteiger partial charge >= 0.3 is 12.1 Å². The number of hydrogen-bond acceptors (Lipinski definition) is 5. The molecule has 4 aliphatic heterocycles. The molecule has 0 aliphatic carbocycles. The molecule has 250 valence electrons. The number of aromatic nitrogens is 2. The summed E-state index contributed by atoms with van der Waals surface area (Å²) in [6.45, 7) is 7.55. The summed E-state index contributed by atoms with van der Waals surface area (Å²) in [5.41, 5.74) is 5.09. The summed E-state index contributed by atoms with van der Waals surface area (Å²) in [6, 6.07) is 11.8. The standard InChI is InChI=1S/C36H48N8O3/c1-25-21-26(22-28-24-37-40-33(25)28)23-32(34(45)42-16-10-29(11-17-42)41-14-5-2-6-15-41)39-35(46)43-18-12-30(13-19-43)44-20-9-27-7-3-4-8-31(27)38-36(44)47/h3-4,7-8,21-22,24,29-30,32H,2,5-6,9-20,23H2,1H3,(H,37,40)(H,38,47)(H,39,46). The van der Waals surface area contributed by atoms with E-state index in [0.717, 1.165) is 65.6 Å². The number of piperidine rings is 3. The van der Waals surface area contributed by atoms with Crippen molar-refractivity contribution in [2.75, 3.05) is 51.1 Å². The number of carbonyl (C=O) groups is 3. The molecule has 1 unspecified atom stereocenters. The fourth-order valence-electron chi connectivity index (χ4n) is 8.18. The minimum absolute atomic E-state index is 0.00363. The van der Waals surface area contributed by atoms with E-state index in [9.17, 15) is 14.4 Å². The number of rotatable bonds is 6. The number of aromatic amines is 1. The molecule has 3 aromatic rings. The van der Waals surface area contributed by atoms with Gasteiger partial charge in [0.1, 0.15) is 6.04 Å². The average Bonchev–Trinajstić information content (AvgIpc) is 3.52. The van der Waals surface area contributed by atoms with Crippen molar-refractivity contribution in [2.45, 2.75) is 82.8 Å². The molecule has 3 N–H and O–H groups in total. The maximum absolute atomic E-state index is 14.1. The van der Waals surface area contributed by atoms with Gasteiger partial charge in [0.15, 0.2) is 0 Å². The highest BCUT2D eigenvalue weighted by atomic mass is 16.2. The number of likely N-dealkylation sites (tertiary alicyclic amines) is 3. The van der Waals surface area contributed by atoms with E-state index < -0.39 is 6.04 Å².